The van der Waals surface area contributed by atoms with Crippen molar-refractivity contribution in [2.75, 3.05) is 10.6 Å². The number of benzene rings is 1. The van der Waals surface area contributed by atoms with Crippen molar-refractivity contribution in [1.29, 1.82) is 0 Å². The summed E-state index contributed by atoms with van der Waals surface area (Å²) in [4.78, 5) is 11.0. The fraction of sp³-hybridized carbons (Fsp3) is 0.364. The molecule has 0 aliphatic heterocycles. The lowest BCUT2D eigenvalue weighted by Crippen LogP contribution is -2.42. The Kier molecular flexibility index (Phi) is 4.39. The second-order valence-electron chi connectivity index (χ2n) is 4.01. The summed E-state index contributed by atoms with van der Waals surface area (Å²) in [5, 5.41) is 8.99. The Balaban J connectivity index is 3.36. The minimum Gasteiger partial charge on any atom is -0.480 e. The number of sulfonamides is 1. The van der Waals surface area contributed by atoms with Gasteiger partial charge in [-0.05, 0) is 37.6 Å². The Morgan fingerprint density at radius 1 is 1.44 bits per heavy atom. The maximum absolute atomic E-state index is 11.7. The summed E-state index contributed by atoms with van der Waals surface area (Å²) in [7, 11) is -3.65. The van der Waals surface area contributed by atoms with Gasteiger partial charge in [-0.25, -0.2) is 13.2 Å². The van der Waals surface area contributed by atoms with Gasteiger partial charge in [0.05, 0.1) is 11.9 Å². The van der Waals surface area contributed by atoms with Crippen molar-refractivity contribution in [3.05, 3.63) is 28.2 Å². The van der Waals surface area contributed by atoms with Crippen molar-refractivity contribution in [3.63, 3.8) is 0 Å². The number of aliphatic carboxylic acids is 1. The number of rotatable bonds is 4. The SMILES string of the molecule is Cc1cc(N(C(C)C(=O)O)S(C)(=O)=O)ccc1Br. The van der Waals surface area contributed by atoms with E-state index in [9.17, 15) is 13.2 Å². The first-order valence-electron chi connectivity index (χ1n) is 5.13. The number of hydrogen-bond acceptors (Lipinski definition) is 3. The summed E-state index contributed by atoms with van der Waals surface area (Å²) in [5.74, 6) is -1.19. The van der Waals surface area contributed by atoms with E-state index >= 15 is 0 Å². The monoisotopic (exact) mass is 335 g/mol. The Hall–Kier alpha value is -1.08. The van der Waals surface area contributed by atoms with Crippen LogP contribution in [0, 0.1) is 6.92 Å². The quantitative estimate of drug-likeness (QED) is 0.913. The molecule has 1 atom stereocenters. The summed E-state index contributed by atoms with van der Waals surface area (Å²) >= 11 is 3.31. The van der Waals surface area contributed by atoms with Crippen molar-refractivity contribution >= 4 is 37.6 Å². The average molecular weight is 336 g/mol. The van der Waals surface area contributed by atoms with Gasteiger partial charge in [0.2, 0.25) is 10.0 Å². The molecule has 0 amide bonds. The Morgan fingerprint density at radius 2 is 2.00 bits per heavy atom. The minimum absolute atomic E-state index is 0.341. The largest absolute Gasteiger partial charge is 0.480 e. The molecule has 0 heterocycles. The van der Waals surface area contributed by atoms with E-state index in [1.54, 1.807) is 25.1 Å². The third-order valence-corrected chi connectivity index (χ3v) is 4.59. The van der Waals surface area contributed by atoms with Gasteiger partial charge in [-0.3, -0.25) is 4.31 Å². The van der Waals surface area contributed by atoms with Crippen LogP contribution in [0.25, 0.3) is 0 Å². The van der Waals surface area contributed by atoms with Crippen molar-refractivity contribution < 1.29 is 18.3 Å². The molecule has 0 saturated carbocycles. The first kappa shape index (κ1) is 15.0. The van der Waals surface area contributed by atoms with Gasteiger partial charge in [0.25, 0.3) is 0 Å². The first-order chi connectivity index (χ1) is 8.14. The first-order valence-corrected chi connectivity index (χ1v) is 7.77. The molecule has 1 aromatic rings. The number of anilines is 1. The van der Waals surface area contributed by atoms with Gasteiger partial charge >= 0.3 is 5.97 Å². The maximum atomic E-state index is 11.7. The predicted molar refractivity (Wildman–Crippen MR) is 73.3 cm³/mol. The highest BCUT2D eigenvalue weighted by molar-refractivity contribution is 9.10. The van der Waals surface area contributed by atoms with Crippen LogP contribution >= 0.6 is 15.9 Å². The lowest BCUT2D eigenvalue weighted by Gasteiger charge is -2.26. The molecule has 0 bridgehead atoms. The molecular weight excluding hydrogens is 322 g/mol. The number of nitrogens with zero attached hydrogens (tertiary/aromatic N) is 1. The second kappa shape index (κ2) is 5.27. The summed E-state index contributed by atoms with van der Waals surface area (Å²) in [6.45, 7) is 3.14. The van der Waals surface area contributed by atoms with Crippen LogP contribution in [0.1, 0.15) is 12.5 Å². The normalized spacial score (nSPS) is 13.1. The van der Waals surface area contributed by atoms with Crippen molar-refractivity contribution in [3.8, 4) is 0 Å². The minimum atomic E-state index is -3.65. The third kappa shape index (κ3) is 3.23. The zero-order valence-electron chi connectivity index (χ0n) is 10.2. The van der Waals surface area contributed by atoms with Gasteiger partial charge in [-0.15, -0.1) is 0 Å². The highest BCUT2D eigenvalue weighted by Gasteiger charge is 2.28. The molecule has 0 fully saturated rings. The van der Waals surface area contributed by atoms with Crippen molar-refractivity contribution in [1.82, 2.24) is 0 Å². The molecule has 1 N–H and O–H groups in total. The van der Waals surface area contributed by atoms with Gasteiger partial charge in [-0.1, -0.05) is 15.9 Å². The summed E-state index contributed by atoms with van der Waals surface area (Å²) < 4.78 is 25.2. The number of aryl methyl sites for hydroxylation is 1. The standard InChI is InChI=1S/C11H14BrNO4S/c1-7-6-9(4-5-10(7)12)13(18(3,16)17)8(2)11(14)15/h4-6,8H,1-3H3,(H,14,15). The second-order valence-corrected chi connectivity index (χ2v) is 6.72. The van der Waals surface area contributed by atoms with Crippen LogP contribution in [0.2, 0.25) is 0 Å². The van der Waals surface area contributed by atoms with E-state index in [0.717, 1.165) is 20.6 Å². The van der Waals surface area contributed by atoms with Crippen LogP contribution in [0.15, 0.2) is 22.7 Å². The number of hydrogen-bond donors (Lipinski definition) is 1. The Labute approximate surface area is 115 Å². The van der Waals surface area contributed by atoms with Gasteiger partial charge in [0.1, 0.15) is 6.04 Å². The maximum Gasteiger partial charge on any atom is 0.327 e. The lowest BCUT2D eigenvalue weighted by atomic mass is 10.2. The molecule has 100 valence electrons. The number of carboxylic acid groups (broad SMARTS) is 1. The molecule has 0 saturated heterocycles. The van der Waals surface area contributed by atoms with Crippen LogP contribution in [0.4, 0.5) is 5.69 Å². The van der Waals surface area contributed by atoms with Crippen LogP contribution in [0.3, 0.4) is 0 Å². The van der Waals surface area contributed by atoms with Crippen LogP contribution in [-0.4, -0.2) is 31.8 Å². The van der Waals surface area contributed by atoms with Crippen LogP contribution in [0.5, 0.6) is 0 Å². The van der Waals surface area contributed by atoms with Gasteiger partial charge in [0, 0.05) is 4.47 Å². The van der Waals surface area contributed by atoms with E-state index in [2.05, 4.69) is 15.9 Å². The average Bonchev–Trinajstić information content (AvgIpc) is 2.21. The summed E-state index contributed by atoms with van der Waals surface area (Å²) in [6, 6.07) is 3.74. The van der Waals surface area contributed by atoms with Crippen molar-refractivity contribution in [2.45, 2.75) is 19.9 Å². The molecule has 5 nitrogen and oxygen atoms in total. The predicted octanol–water partition coefficient (Wildman–Crippen LogP) is 2.00. The zero-order chi connectivity index (χ0) is 14.1. The summed E-state index contributed by atoms with van der Waals surface area (Å²) in [6.07, 6.45) is 0.990. The Bertz CT molecular complexity index is 570. The highest BCUT2D eigenvalue weighted by atomic mass is 79.9. The van der Waals surface area contributed by atoms with Gasteiger partial charge in [0.15, 0.2) is 0 Å². The lowest BCUT2D eigenvalue weighted by molar-refractivity contribution is -0.137. The van der Waals surface area contributed by atoms with Gasteiger partial charge in [-0.2, -0.15) is 0 Å². The van der Waals surface area contributed by atoms with Gasteiger partial charge < -0.3 is 5.11 Å². The van der Waals surface area contributed by atoms with Crippen LogP contribution < -0.4 is 4.31 Å². The molecule has 7 heteroatoms. The molecule has 18 heavy (non-hydrogen) atoms. The molecule has 1 aromatic carbocycles. The number of carbonyl (C=O) groups is 1. The zero-order valence-corrected chi connectivity index (χ0v) is 12.6. The molecule has 1 rings (SSSR count). The van der Waals surface area contributed by atoms with E-state index in [4.69, 9.17) is 5.11 Å². The third-order valence-electron chi connectivity index (χ3n) is 2.46. The van der Waals surface area contributed by atoms with E-state index in [-0.39, 0.29) is 0 Å². The molecular formula is C11H14BrNO4S. The fourth-order valence-corrected chi connectivity index (χ4v) is 2.98. The number of halogens is 1. The molecule has 1 unspecified atom stereocenters. The fourth-order valence-electron chi connectivity index (χ4n) is 1.57. The Morgan fingerprint density at radius 3 is 2.39 bits per heavy atom. The van der Waals surface area contributed by atoms with E-state index in [0.29, 0.717) is 5.69 Å². The molecule has 0 aliphatic rings. The topological polar surface area (TPSA) is 74.7 Å². The smallest absolute Gasteiger partial charge is 0.327 e. The molecule has 0 spiro atoms. The molecule has 0 radical (unpaired) electrons. The molecule has 0 aliphatic carbocycles. The van der Waals surface area contributed by atoms with E-state index in [1.165, 1.54) is 6.92 Å². The van der Waals surface area contributed by atoms with E-state index < -0.39 is 22.0 Å². The number of carboxylic acids is 1. The van der Waals surface area contributed by atoms with Crippen molar-refractivity contribution in [2.24, 2.45) is 0 Å². The molecule has 0 aromatic heterocycles. The van der Waals surface area contributed by atoms with Crippen LogP contribution in [-0.2, 0) is 14.8 Å². The summed E-state index contributed by atoms with van der Waals surface area (Å²) in [5.41, 5.74) is 1.17. The highest BCUT2D eigenvalue weighted by Crippen LogP contribution is 2.26. The van der Waals surface area contributed by atoms with E-state index in [1.807, 2.05) is 0 Å².